The van der Waals surface area contributed by atoms with Gasteiger partial charge in [-0.1, -0.05) is 54.2 Å². The summed E-state index contributed by atoms with van der Waals surface area (Å²) >= 11 is 1.43. The van der Waals surface area contributed by atoms with Crippen molar-refractivity contribution >= 4 is 11.8 Å². The van der Waals surface area contributed by atoms with E-state index in [1.165, 1.54) is 17.8 Å². The summed E-state index contributed by atoms with van der Waals surface area (Å²) in [4.78, 5) is 0. The van der Waals surface area contributed by atoms with Crippen molar-refractivity contribution in [3.8, 4) is 11.4 Å². The molecular weight excluding hydrogens is 313 g/mol. The fourth-order valence-electron chi connectivity index (χ4n) is 2.26. The Labute approximate surface area is 138 Å². The van der Waals surface area contributed by atoms with E-state index in [0.29, 0.717) is 29.0 Å². The van der Waals surface area contributed by atoms with Crippen LogP contribution in [0.25, 0.3) is 11.4 Å². The van der Waals surface area contributed by atoms with Gasteiger partial charge in [0.15, 0.2) is 11.0 Å². The number of nitrogens with zero attached hydrogens (tertiary/aromatic N) is 3. The van der Waals surface area contributed by atoms with Gasteiger partial charge < -0.3 is 4.74 Å². The van der Waals surface area contributed by atoms with Gasteiger partial charge in [0, 0.05) is 7.11 Å². The molecule has 0 spiro atoms. The van der Waals surface area contributed by atoms with Gasteiger partial charge in [0.1, 0.15) is 5.82 Å². The zero-order chi connectivity index (χ0) is 16.1. The predicted octanol–water partition coefficient (Wildman–Crippen LogP) is 3.83. The van der Waals surface area contributed by atoms with Crippen LogP contribution in [0.1, 0.15) is 5.56 Å². The summed E-state index contributed by atoms with van der Waals surface area (Å²) in [5, 5.41) is 9.09. The second-order valence-electron chi connectivity index (χ2n) is 4.91. The molecule has 1 aromatic heterocycles. The highest BCUT2D eigenvalue weighted by Crippen LogP contribution is 2.26. The molecule has 0 aliphatic rings. The SMILES string of the molecule is COCSc1nnc(-c2ccccc2F)n1Cc1ccccc1. The number of hydrogen-bond donors (Lipinski definition) is 0. The monoisotopic (exact) mass is 329 g/mol. The molecule has 0 amide bonds. The topological polar surface area (TPSA) is 39.9 Å². The van der Waals surface area contributed by atoms with Crippen LogP contribution in [0, 0.1) is 5.82 Å². The van der Waals surface area contributed by atoms with Crippen molar-refractivity contribution in [2.24, 2.45) is 0 Å². The van der Waals surface area contributed by atoms with Crippen molar-refractivity contribution in [1.82, 2.24) is 14.8 Å². The van der Waals surface area contributed by atoms with Crippen LogP contribution in [-0.4, -0.2) is 27.8 Å². The lowest BCUT2D eigenvalue weighted by Gasteiger charge is -2.10. The summed E-state index contributed by atoms with van der Waals surface area (Å²) in [5.74, 6) is 0.674. The summed E-state index contributed by atoms with van der Waals surface area (Å²) in [7, 11) is 1.63. The number of ether oxygens (including phenoxy) is 1. The minimum absolute atomic E-state index is 0.308. The van der Waals surface area contributed by atoms with Gasteiger partial charge in [-0.25, -0.2) is 4.39 Å². The molecule has 3 rings (SSSR count). The lowest BCUT2D eigenvalue weighted by atomic mass is 10.2. The van der Waals surface area contributed by atoms with E-state index in [1.54, 1.807) is 25.3 Å². The van der Waals surface area contributed by atoms with Gasteiger partial charge in [0.05, 0.1) is 18.0 Å². The second-order valence-corrected chi connectivity index (χ2v) is 5.80. The quantitative estimate of drug-likeness (QED) is 0.509. The zero-order valence-electron chi connectivity index (χ0n) is 12.6. The van der Waals surface area contributed by atoms with Crippen molar-refractivity contribution in [2.45, 2.75) is 11.7 Å². The minimum Gasteiger partial charge on any atom is -0.374 e. The molecule has 0 aliphatic heterocycles. The van der Waals surface area contributed by atoms with Crippen LogP contribution < -0.4 is 0 Å². The molecule has 1 heterocycles. The summed E-state index contributed by atoms with van der Waals surface area (Å²) < 4.78 is 21.2. The van der Waals surface area contributed by atoms with Crippen LogP contribution in [-0.2, 0) is 11.3 Å². The first-order valence-corrected chi connectivity index (χ1v) is 8.12. The van der Waals surface area contributed by atoms with Crippen LogP contribution >= 0.6 is 11.8 Å². The standard InChI is InChI=1S/C17H16FN3OS/c1-22-12-23-17-20-19-16(14-9-5-6-10-15(14)18)21(17)11-13-7-3-2-4-8-13/h2-10H,11-12H2,1H3. The number of aromatic nitrogens is 3. The molecule has 0 bridgehead atoms. The van der Waals surface area contributed by atoms with Gasteiger partial charge >= 0.3 is 0 Å². The lowest BCUT2D eigenvalue weighted by molar-refractivity contribution is 0.258. The third-order valence-corrected chi connectivity index (χ3v) is 4.23. The van der Waals surface area contributed by atoms with Crippen LogP contribution in [0.2, 0.25) is 0 Å². The third-order valence-electron chi connectivity index (χ3n) is 3.32. The first-order chi connectivity index (χ1) is 11.3. The predicted molar refractivity (Wildman–Crippen MR) is 88.7 cm³/mol. The van der Waals surface area contributed by atoms with Gasteiger partial charge in [-0.05, 0) is 17.7 Å². The molecule has 23 heavy (non-hydrogen) atoms. The van der Waals surface area contributed by atoms with E-state index >= 15 is 0 Å². The minimum atomic E-state index is -0.308. The Morgan fingerprint density at radius 3 is 2.52 bits per heavy atom. The highest BCUT2D eigenvalue weighted by molar-refractivity contribution is 7.99. The smallest absolute Gasteiger partial charge is 0.194 e. The largest absolute Gasteiger partial charge is 0.374 e. The third kappa shape index (κ3) is 3.60. The average molecular weight is 329 g/mol. The Morgan fingerprint density at radius 1 is 1.04 bits per heavy atom. The Bertz CT molecular complexity index is 777. The molecule has 0 aliphatic carbocycles. The van der Waals surface area contributed by atoms with Crippen molar-refractivity contribution in [1.29, 1.82) is 0 Å². The molecule has 0 saturated carbocycles. The summed E-state index contributed by atoms with van der Waals surface area (Å²) in [6.45, 7) is 0.573. The second kappa shape index (κ2) is 7.39. The maximum Gasteiger partial charge on any atom is 0.194 e. The van der Waals surface area contributed by atoms with Crippen LogP contribution in [0.3, 0.4) is 0 Å². The highest BCUT2D eigenvalue weighted by atomic mass is 32.2. The van der Waals surface area contributed by atoms with Crippen molar-refractivity contribution in [3.05, 3.63) is 66.0 Å². The van der Waals surface area contributed by atoms with E-state index in [2.05, 4.69) is 10.2 Å². The van der Waals surface area contributed by atoms with Gasteiger partial charge in [0.25, 0.3) is 0 Å². The maximum absolute atomic E-state index is 14.1. The Hall–Kier alpha value is -2.18. The van der Waals surface area contributed by atoms with E-state index < -0.39 is 0 Å². The number of hydrogen-bond acceptors (Lipinski definition) is 4. The van der Waals surface area contributed by atoms with Gasteiger partial charge in [-0.15, -0.1) is 10.2 Å². The number of halogens is 1. The van der Waals surface area contributed by atoms with Crippen molar-refractivity contribution < 1.29 is 9.13 Å². The Morgan fingerprint density at radius 2 is 1.78 bits per heavy atom. The summed E-state index contributed by atoms with van der Waals surface area (Å²) in [6.07, 6.45) is 0. The summed E-state index contributed by atoms with van der Waals surface area (Å²) in [6, 6.07) is 16.6. The first-order valence-electron chi connectivity index (χ1n) is 7.13. The molecule has 0 radical (unpaired) electrons. The molecule has 0 unspecified atom stereocenters. The van der Waals surface area contributed by atoms with Crippen molar-refractivity contribution in [2.75, 3.05) is 13.0 Å². The van der Waals surface area contributed by atoms with Crippen molar-refractivity contribution in [3.63, 3.8) is 0 Å². The number of thioether (sulfide) groups is 1. The number of benzene rings is 2. The molecule has 3 aromatic rings. The molecular formula is C17H16FN3OS. The Kier molecular flexibility index (Phi) is 5.05. The van der Waals surface area contributed by atoms with E-state index in [1.807, 2.05) is 34.9 Å². The molecule has 0 N–H and O–H groups in total. The fourth-order valence-corrected chi connectivity index (χ4v) is 2.89. The normalized spacial score (nSPS) is 10.9. The highest BCUT2D eigenvalue weighted by Gasteiger charge is 2.17. The first kappa shape index (κ1) is 15.7. The molecule has 6 heteroatoms. The van der Waals surface area contributed by atoms with E-state index in [-0.39, 0.29) is 5.82 Å². The maximum atomic E-state index is 14.1. The van der Waals surface area contributed by atoms with Crippen LogP contribution in [0.15, 0.2) is 59.8 Å². The summed E-state index contributed by atoms with van der Waals surface area (Å²) in [5.41, 5.74) is 1.55. The lowest BCUT2D eigenvalue weighted by Crippen LogP contribution is -2.05. The molecule has 2 aromatic carbocycles. The van der Waals surface area contributed by atoms with Crippen LogP contribution in [0.4, 0.5) is 4.39 Å². The molecule has 0 fully saturated rings. The zero-order valence-corrected chi connectivity index (χ0v) is 13.5. The molecule has 118 valence electrons. The average Bonchev–Trinajstić information content (AvgIpc) is 2.97. The van der Waals surface area contributed by atoms with Gasteiger partial charge in [-0.2, -0.15) is 0 Å². The number of rotatable bonds is 6. The fraction of sp³-hybridized carbons (Fsp3) is 0.176. The Balaban J connectivity index is 2.02. The van der Waals surface area contributed by atoms with E-state index in [0.717, 1.165) is 5.56 Å². The van der Waals surface area contributed by atoms with Gasteiger partial charge in [-0.3, -0.25) is 4.57 Å². The van der Waals surface area contributed by atoms with Crippen LogP contribution in [0.5, 0.6) is 0 Å². The molecule has 0 saturated heterocycles. The van der Waals surface area contributed by atoms with Gasteiger partial charge in [0.2, 0.25) is 0 Å². The molecule has 4 nitrogen and oxygen atoms in total. The van der Waals surface area contributed by atoms with E-state index in [9.17, 15) is 4.39 Å². The van der Waals surface area contributed by atoms with E-state index in [4.69, 9.17) is 4.74 Å². The number of methoxy groups -OCH3 is 1. The molecule has 0 atom stereocenters.